The topological polar surface area (TPSA) is 64.6 Å². The summed E-state index contributed by atoms with van der Waals surface area (Å²) in [5.74, 6) is -0.531. The summed E-state index contributed by atoms with van der Waals surface area (Å²) in [5.41, 5.74) is 0.516. The Bertz CT molecular complexity index is 573. The van der Waals surface area contributed by atoms with Gasteiger partial charge in [0.1, 0.15) is 11.1 Å². The third kappa shape index (κ3) is 3.40. The van der Waals surface area contributed by atoms with Crippen LogP contribution in [0.2, 0.25) is 0 Å². The van der Waals surface area contributed by atoms with Crippen LogP contribution in [0.3, 0.4) is 0 Å². The summed E-state index contributed by atoms with van der Waals surface area (Å²) in [6.07, 6.45) is -0.0883. The highest BCUT2D eigenvalue weighted by atomic mass is 16.6. The molecule has 0 saturated heterocycles. The van der Waals surface area contributed by atoms with E-state index in [0.717, 1.165) is 11.1 Å². The van der Waals surface area contributed by atoms with Gasteiger partial charge in [-0.3, -0.25) is 0 Å². The number of methoxy groups -OCH3 is 1. The third-order valence-electron chi connectivity index (χ3n) is 3.71. The van der Waals surface area contributed by atoms with Crippen LogP contribution in [0.1, 0.15) is 44.2 Å². The van der Waals surface area contributed by atoms with Crippen LogP contribution in [0.25, 0.3) is 0 Å². The number of amides is 1. The number of rotatable bonds is 3. The lowest BCUT2D eigenvalue weighted by molar-refractivity contribution is -0.144. The zero-order valence-corrected chi connectivity index (χ0v) is 13.7. The van der Waals surface area contributed by atoms with E-state index in [1.807, 2.05) is 31.2 Å². The minimum absolute atomic E-state index is 0.0898. The first-order valence-corrected chi connectivity index (χ1v) is 7.34. The Morgan fingerprint density at radius 1 is 1.23 bits per heavy atom. The lowest BCUT2D eigenvalue weighted by atomic mass is 10.0. The normalized spacial score (nSPS) is 23.6. The summed E-state index contributed by atoms with van der Waals surface area (Å²) in [6, 6.07) is 7.93. The molecule has 1 aliphatic rings. The van der Waals surface area contributed by atoms with Gasteiger partial charge in [0.05, 0.1) is 7.11 Å². The van der Waals surface area contributed by atoms with E-state index >= 15 is 0 Å². The molecule has 0 aromatic heterocycles. The molecule has 0 heterocycles. The number of carbonyl (C=O) groups is 2. The number of ether oxygens (including phenoxy) is 2. The number of carbonyl (C=O) groups excluding carboxylic acids is 2. The fourth-order valence-electron chi connectivity index (χ4n) is 2.55. The van der Waals surface area contributed by atoms with E-state index in [1.165, 1.54) is 7.11 Å². The Hall–Kier alpha value is -2.04. The van der Waals surface area contributed by atoms with Crippen molar-refractivity contribution in [3.63, 3.8) is 0 Å². The first-order chi connectivity index (χ1) is 10.2. The molecule has 1 aliphatic carbocycles. The van der Waals surface area contributed by atoms with Crippen LogP contribution in [0, 0.1) is 6.92 Å². The molecule has 1 N–H and O–H groups in total. The Kier molecular flexibility index (Phi) is 4.18. The summed E-state index contributed by atoms with van der Waals surface area (Å²) in [7, 11) is 1.32. The molecule has 0 unspecified atom stereocenters. The molecule has 120 valence electrons. The molecular formula is C17H23NO4. The summed E-state index contributed by atoms with van der Waals surface area (Å²) >= 11 is 0. The van der Waals surface area contributed by atoms with Gasteiger partial charge in [-0.25, -0.2) is 9.59 Å². The molecule has 2 atom stereocenters. The highest BCUT2D eigenvalue weighted by molar-refractivity contribution is 5.91. The maximum absolute atomic E-state index is 12.2. The molecule has 1 saturated carbocycles. The maximum Gasteiger partial charge on any atom is 0.408 e. The van der Waals surface area contributed by atoms with E-state index in [1.54, 1.807) is 20.8 Å². The average Bonchev–Trinajstić information content (AvgIpc) is 3.11. The van der Waals surface area contributed by atoms with Crippen molar-refractivity contribution >= 4 is 12.1 Å². The Morgan fingerprint density at radius 2 is 1.82 bits per heavy atom. The van der Waals surface area contributed by atoms with E-state index < -0.39 is 23.2 Å². The van der Waals surface area contributed by atoms with Gasteiger partial charge in [0.15, 0.2) is 0 Å². The van der Waals surface area contributed by atoms with Crippen LogP contribution in [0.15, 0.2) is 24.3 Å². The minimum atomic E-state index is -1.02. The van der Waals surface area contributed by atoms with Gasteiger partial charge in [-0.15, -0.1) is 0 Å². The number of aryl methyl sites for hydroxylation is 1. The second kappa shape index (κ2) is 5.63. The van der Waals surface area contributed by atoms with E-state index in [2.05, 4.69) is 5.32 Å². The standard InChI is InChI=1S/C17H23NO4/c1-11-6-8-12(9-7-11)13-10-17(13,14(19)21-5)18-15(20)22-16(2,3)4/h6-9,13H,10H2,1-5H3,(H,18,20)/t13-,17+/m0/s1. The molecule has 1 fully saturated rings. The quantitative estimate of drug-likeness (QED) is 0.872. The summed E-state index contributed by atoms with van der Waals surface area (Å²) in [4.78, 5) is 24.2. The van der Waals surface area contributed by atoms with Crippen molar-refractivity contribution in [1.82, 2.24) is 5.32 Å². The van der Waals surface area contributed by atoms with Crippen molar-refractivity contribution in [2.75, 3.05) is 7.11 Å². The van der Waals surface area contributed by atoms with Crippen LogP contribution < -0.4 is 5.32 Å². The van der Waals surface area contributed by atoms with Crippen molar-refractivity contribution in [3.05, 3.63) is 35.4 Å². The summed E-state index contributed by atoms with van der Waals surface area (Å²) in [5, 5.41) is 2.70. The van der Waals surface area contributed by atoms with Crippen LogP contribution in [0.4, 0.5) is 4.79 Å². The molecule has 0 bridgehead atoms. The number of benzene rings is 1. The zero-order chi connectivity index (χ0) is 16.5. The van der Waals surface area contributed by atoms with E-state index in [-0.39, 0.29) is 5.92 Å². The largest absolute Gasteiger partial charge is 0.467 e. The molecule has 0 spiro atoms. The first kappa shape index (κ1) is 16.3. The monoisotopic (exact) mass is 305 g/mol. The summed E-state index contributed by atoms with van der Waals surface area (Å²) in [6.45, 7) is 7.34. The van der Waals surface area contributed by atoms with Crippen molar-refractivity contribution in [1.29, 1.82) is 0 Å². The van der Waals surface area contributed by atoms with E-state index in [4.69, 9.17) is 9.47 Å². The lowest BCUT2D eigenvalue weighted by Crippen LogP contribution is -2.47. The third-order valence-corrected chi connectivity index (χ3v) is 3.71. The van der Waals surface area contributed by atoms with Crippen molar-refractivity contribution < 1.29 is 19.1 Å². The van der Waals surface area contributed by atoms with Gasteiger partial charge in [0, 0.05) is 5.92 Å². The number of nitrogens with one attached hydrogen (secondary N) is 1. The Morgan fingerprint density at radius 3 is 2.32 bits per heavy atom. The van der Waals surface area contributed by atoms with Gasteiger partial charge < -0.3 is 14.8 Å². The zero-order valence-electron chi connectivity index (χ0n) is 13.7. The second-order valence-electron chi connectivity index (χ2n) is 6.76. The molecule has 1 amide bonds. The SMILES string of the molecule is COC(=O)[C@@]1(NC(=O)OC(C)(C)C)C[C@H]1c1ccc(C)cc1. The van der Waals surface area contributed by atoms with Crippen LogP contribution >= 0.6 is 0 Å². The minimum Gasteiger partial charge on any atom is -0.467 e. The highest BCUT2D eigenvalue weighted by Gasteiger charge is 2.63. The van der Waals surface area contributed by atoms with Crippen LogP contribution in [0.5, 0.6) is 0 Å². The van der Waals surface area contributed by atoms with Crippen LogP contribution in [-0.2, 0) is 14.3 Å². The first-order valence-electron chi connectivity index (χ1n) is 7.34. The molecule has 2 rings (SSSR count). The number of esters is 1. The fourth-order valence-corrected chi connectivity index (χ4v) is 2.55. The van der Waals surface area contributed by atoms with E-state index in [0.29, 0.717) is 6.42 Å². The molecule has 22 heavy (non-hydrogen) atoms. The molecule has 5 heteroatoms. The van der Waals surface area contributed by atoms with Gasteiger partial charge in [0.2, 0.25) is 0 Å². The molecular weight excluding hydrogens is 282 g/mol. The smallest absolute Gasteiger partial charge is 0.408 e. The molecule has 0 aliphatic heterocycles. The molecule has 0 radical (unpaired) electrons. The van der Waals surface area contributed by atoms with Gasteiger partial charge in [0.25, 0.3) is 0 Å². The highest BCUT2D eigenvalue weighted by Crippen LogP contribution is 2.52. The van der Waals surface area contributed by atoms with Crippen molar-refractivity contribution in [2.24, 2.45) is 0 Å². The summed E-state index contributed by atoms with van der Waals surface area (Å²) < 4.78 is 10.1. The second-order valence-corrected chi connectivity index (χ2v) is 6.76. The van der Waals surface area contributed by atoms with Crippen molar-refractivity contribution in [3.8, 4) is 0 Å². The van der Waals surface area contributed by atoms with E-state index in [9.17, 15) is 9.59 Å². The van der Waals surface area contributed by atoms with Crippen LogP contribution in [-0.4, -0.2) is 30.3 Å². The molecule has 5 nitrogen and oxygen atoms in total. The number of hydrogen-bond acceptors (Lipinski definition) is 4. The Labute approximate surface area is 131 Å². The van der Waals surface area contributed by atoms with Gasteiger partial charge >= 0.3 is 12.1 Å². The van der Waals surface area contributed by atoms with Gasteiger partial charge in [-0.2, -0.15) is 0 Å². The lowest BCUT2D eigenvalue weighted by Gasteiger charge is -2.23. The molecule has 1 aromatic rings. The number of hydrogen-bond donors (Lipinski definition) is 1. The average molecular weight is 305 g/mol. The number of alkyl carbamates (subject to hydrolysis) is 1. The maximum atomic E-state index is 12.2. The predicted molar refractivity (Wildman–Crippen MR) is 82.7 cm³/mol. The molecule has 1 aromatic carbocycles. The van der Waals surface area contributed by atoms with Gasteiger partial charge in [-0.05, 0) is 39.7 Å². The Balaban J connectivity index is 2.16. The fraction of sp³-hybridized carbons (Fsp3) is 0.529. The van der Waals surface area contributed by atoms with Gasteiger partial charge in [-0.1, -0.05) is 29.8 Å². The van der Waals surface area contributed by atoms with Crippen molar-refractivity contribution in [2.45, 2.75) is 51.2 Å². The predicted octanol–water partition coefficient (Wildman–Crippen LogP) is 2.92.